The smallest absolute Gasteiger partial charge is 0.125 e. The molecule has 28 heavy (non-hydrogen) atoms. The Hall–Kier alpha value is -1.88. The summed E-state index contributed by atoms with van der Waals surface area (Å²) in [7, 11) is 0. The van der Waals surface area contributed by atoms with Crippen LogP contribution < -0.4 is 4.74 Å². The van der Waals surface area contributed by atoms with Gasteiger partial charge in [-0.05, 0) is 62.4 Å². The number of hydrogen-bond acceptors (Lipinski definition) is 4. The third-order valence-electron chi connectivity index (χ3n) is 6.53. The van der Waals surface area contributed by atoms with Crippen LogP contribution >= 0.6 is 0 Å². The lowest BCUT2D eigenvalue weighted by Crippen LogP contribution is -2.51. The van der Waals surface area contributed by atoms with Crippen molar-refractivity contribution >= 4 is 0 Å². The summed E-state index contributed by atoms with van der Waals surface area (Å²) in [6.07, 6.45) is 1.46. The molecule has 2 aromatic rings. The van der Waals surface area contributed by atoms with Crippen molar-refractivity contribution in [3.05, 3.63) is 64.2 Å². The summed E-state index contributed by atoms with van der Waals surface area (Å²) in [6.45, 7) is 8.59. The van der Waals surface area contributed by atoms with Crippen molar-refractivity contribution in [3.8, 4) is 5.75 Å². The maximum atomic E-state index is 10.7. The molecule has 1 fully saturated rings. The lowest BCUT2D eigenvalue weighted by molar-refractivity contribution is -0.0588. The van der Waals surface area contributed by atoms with E-state index in [9.17, 15) is 10.2 Å². The number of fused-ring (bicyclic) bond motifs is 1. The van der Waals surface area contributed by atoms with Gasteiger partial charge in [-0.1, -0.05) is 29.8 Å². The van der Waals surface area contributed by atoms with Gasteiger partial charge in [0, 0.05) is 31.6 Å². The van der Waals surface area contributed by atoms with Crippen LogP contribution in [0.5, 0.6) is 5.75 Å². The van der Waals surface area contributed by atoms with Crippen LogP contribution in [0.25, 0.3) is 0 Å². The van der Waals surface area contributed by atoms with Crippen LogP contribution in [0.15, 0.2) is 36.4 Å². The van der Waals surface area contributed by atoms with E-state index in [1.807, 2.05) is 31.2 Å². The SMILES string of the molecule is Cc1ccc2c(c1)[C@@H](O)CC1(CCN(C[C@H](O)c3ccc(C)c(C)c3)CC1)O2. The van der Waals surface area contributed by atoms with Crippen molar-refractivity contribution in [3.63, 3.8) is 0 Å². The summed E-state index contributed by atoms with van der Waals surface area (Å²) in [5.41, 5.74) is 5.22. The number of piperidine rings is 1. The van der Waals surface area contributed by atoms with E-state index in [0.717, 1.165) is 48.4 Å². The van der Waals surface area contributed by atoms with E-state index in [1.54, 1.807) is 0 Å². The first-order valence-corrected chi connectivity index (χ1v) is 10.3. The van der Waals surface area contributed by atoms with Crippen LogP contribution in [0.4, 0.5) is 0 Å². The normalized spacial score (nSPS) is 22.5. The number of rotatable bonds is 3. The minimum Gasteiger partial charge on any atom is -0.487 e. The molecular weight excluding hydrogens is 350 g/mol. The summed E-state index contributed by atoms with van der Waals surface area (Å²) in [4.78, 5) is 2.31. The molecule has 4 nitrogen and oxygen atoms in total. The van der Waals surface area contributed by atoms with Crippen LogP contribution in [-0.4, -0.2) is 40.3 Å². The second kappa shape index (κ2) is 7.51. The zero-order chi connectivity index (χ0) is 19.9. The van der Waals surface area contributed by atoms with Gasteiger partial charge in [0.15, 0.2) is 0 Å². The minimum atomic E-state index is -0.477. The number of nitrogens with zero attached hydrogens (tertiary/aromatic N) is 1. The number of aryl methyl sites for hydroxylation is 3. The lowest BCUT2D eigenvalue weighted by Gasteiger charge is -2.46. The Morgan fingerprint density at radius 1 is 1.07 bits per heavy atom. The molecule has 0 aliphatic carbocycles. The van der Waals surface area contributed by atoms with Crippen molar-refractivity contribution in [2.45, 2.75) is 57.8 Å². The Labute approximate surface area is 167 Å². The van der Waals surface area contributed by atoms with Crippen LogP contribution in [0, 0.1) is 20.8 Å². The molecule has 1 spiro atoms. The van der Waals surface area contributed by atoms with Crippen LogP contribution in [0.1, 0.15) is 59.3 Å². The Balaban J connectivity index is 1.39. The number of benzene rings is 2. The van der Waals surface area contributed by atoms with Crippen molar-refractivity contribution in [2.75, 3.05) is 19.6 Å². The molecule has 2 aliphatic heterocycles. The van der Waals surface area contributed by atoms with Crippen molar-refractivity contribution in [1.29, 1.82) is 0 Å². The highest BCUT2D eigenvalue weighted by molar-refractivity contribution is 5.41. The maximum Gasteiger partial charge on any atom is 0.125 e. The molecule has 2 aliphatic rings. The molecule has 2 heterocycles. The fourth-order valence-electron chi connectivity index (χ4n) is 4.53. The van der Waals surface area contributed by atoms with E-state index in [0.29, 0.717) is 13.0 Å². The zero-order valence-corrected chi connectivity index (χ0v) is 17.1. The van der Waals surface area contributed by atoms with E-state index in [1.165, 1.54) is 11.1 Å². The minimum absolute atomic E-state index is 0.288. The van der Waals surface area contributed by atoms with Gasteiger partial charge >= 0.3 is 0 Å². The van der Waals surface area contributed by atoms with Crippen LogP contribution in [-0.2, 0) is 0 Å². The number of likely N-dealkylation sites (tertiary alicyclic amines) is 1. The summed E-state index contributed by atoms with van der Waals surface area (Å²) in [5, 5.41) is 21.4. The predicted molar refractivity (Wildman–Crippen MR) is 111 cm³/mol. The van der Waals surface area contributed by atoms with E-state index in [2.05, 4.69) is 30.9 Å². The van der Waals surface area contributed by atoms with Gasteiger partial charge in [0.05, 0.1) is 12.2 Å². The summed E-state index contributed by atoms with van der Waals surface area (Å²) in [5.74, 6) is 0.827. The highest BCUT2D eigenvalue weighted by atomic mass is 16.5. The Morgan fingerprint density at radius 3 is 2.54 bits per heavy atom. The van der Waals surface area contributed by atoms with E-state index in [-0.39, 0.29) is 5.60 Å². The number of hydrogen-bond donors (Lipinski definition) is 2. The number of ether oxygens (including phenoxy) is 1. The average molecular weight is 382 g/mol. The monoisotopic (exact) mass is 381 g/mol. The molecule has 2 N–H and O–H groups in total. The highest BCUT2D eigenvalue weighted by Gasteiger charge is 2.43. The quantitative estimate of drug-likeness (QED) is 0.844. The van der Waals surface area contributed by atoms with Gasteiger partial charge in [0.25, 0.3) is 0 Å². The van der Waals surface area contributed by atoms with Crippen LogP contribution in [0.3, 0.4) is 0 Å². The molecule has 0 radical (unpaired) electrons. The highest BCUT2D eigenvalue weighted by Crippen LogP contribution is 2.44. The summed E-state index contributed by atoms with van der Waals surface area (Å²) >= 11 is 0. The molecule has 2 aromatic carbocycles. The van der Waals surface area contributed by atoms with E-state index < -0.39 is 12.2 Å². The van der Waals surface area contributed by atoms with Gasteiger partial charge in [-0.2, -0.15) is 0 Å². The number of β-amino-alcohol motifs (C(OH)–C–C–N with tert-alkyl or cyclic N) is 1. The van der Waals surface area contributed by atoms with Crippen LogP contribution in [0.2, 0.25) is 0 Å². The fraction of sp³-hybridized carbons (Fsp3) is 0.500. The Kier molecular flexibility index (Phi) is 5.21. The van der Waals surface area contributed by atoms with E-state index in [4.69, 9.17) is 4.74 Å². The van der Waals surface area contributed by atoms with Gasteiger partial charge in [-0.25, -0.2) is 0 Å². The van der Waals surface area contributed by atoms with Gasteiger partial charge in [-0.15, -0.1) is 0 Å². The van der Waals surface area contributed by atoms with Gasteiger partial charge < -0.3 is 19.8 Å². The molecule has 0 bridgehead atoms. The average Bonchev–Trinajstić information content (AvgIpc) is 2.67. The van der Waals surface area contributed by atoms with Gasteiger partial charge in [-0.3, -0.25) is 0 Å². The largest absolute Gasteiger partial charge is 0.487 e. The Morgan fingerprint density at radius 2 is 1.82 bits per heavy atom. The zero-order valence-electron chi connectivity index (χ0n) is 17.1. The molecule has 1 saturated heterocycles. The van der Waals surface area contributed by atoms with E-state index >= 15 is 0 Å². The third-order valence-corrected chi connectivity index (χ3v) is 6.53. The number of aliphatic hydroxyl groups excluding tert-OH is 2. The fourth-order valence-corrected chi connectivity index (χ4v) is 4.53. The molecule has 150 valence electrons. The summed E-state index contributed by atoms with van der Waals surface area (Å²) < 4.78 is 6.40. The standard InChI is InChI=1S/C24H31NO3/c1-16-4-7-23-20(12-16)21(26)14-24(28-23)8-10-25(11-9-24)15-22(27)19-6-5-17(2)18(3)13-19/h4-7,12-13,21-22,26-27H,8-11,14-15H2,1-3H3/t21-,22-/m0/s1. The first-order valence-electron chi connectivity index (χ1n) is 10.3. The lowest BCUT2D eigenvalue weighted by atomic mass is 9.81. The topological polar surface area (TPSA) is 52.9 Å². The van der Waals surface area contributed by atoms with Gasteiger partial charge in [0.1, 0.15) is 11.4 Å². The number of aliphatic hydroxyl groups is 2. The molecular formula is C24H31NO3. The molecule has 0 aromatic heterocycles. The molecule has 0 unspecified atom stereocenters. The third kappa shape index (κ3) is 3.82. The molecule has 2 atom stereocenters. The first-order chi connectivity index (χ1) is 13.3. The second-order valence-corrected chi connectivity index (χ2v) is 8.71. The molecule has 0 amide bonds. The van der Waals surface area contributed by atoms with Crippen molar-refractivity contribution in [1.82, 2.24) is 4.90 Å². The molecule has 4 rings (SSSR count). The first kappa shape index (κ1) is 19.4. The second-order valence-electron chi connectivity index (χ2n) is 8.71. The van der Waals surface area contributed by atoms with Crippen molar-refractivity contribution in [2.24, 2.45) is 0 Å². The van der Waals surface area contributed by atoms with Gasteiger partial charge in [0.2, 0.25) is 0 Å². The molecule has 4 heteroatoms. The summed E-state index contributed by atoms with van der Waals surface area (Å²) in [6, 6.07) is 12.3. The van der Waals surface area contributed by atoms with Crippen molar-refractivity contribution < 1.29 is 14.9 Å². The molecule has 0 saturated carbocycles. The predicted octanol–water partition coefficient (Wildman–Crippen LogP) is 4.00. The maximum absolute atomic E-state index is 10.7. The Bertz CT molecular complexity index is 855.